The number of nitriles is 1. The lowest BCUT2D eigenvalue weighted by atomic mass is 10.1. The van der Waals surface area contributed by atoms with E-state index >= 15 is 0 Å². The van der Waals surface area contributed by atoms with E-state index in [9.17, 15) is 9.59 Å². The van der Waals surface area contributed by atoms with Crippen molar-refractivity contribution in [2.75, 3.05) is 16.8 Å². The number of hydrogen-bond acceptors (Lipinski definition) is 3. The predicted molar refractivity (Wildman–Crippen MR) is 114 cm³/mol. The Balaban J connectivity index is 1.83. The summed E-state index contributed by atoms with van der Waals surface area (Å²) in [7, 11) is 0. The summed E-state index contributed by atoms with van der Waals surface area (Å²) in [6.45, 7) is 4.41. The van der Waals surface area contributed by atoms with E-state index in [1.54, 1.807) is 53.4 Å². The van der Waals surface area contributed by atoms with Gasteiger partial charge in [0.1, 0.15) is 0 Å². The number of amides is 2. The summed E-state index contributed by atoms with van der Waals surface area (Å²) in [5.74, 6) is -0.507. The summed E-state index contributed by atoms with van der Waals surface area (Å²) in [4.78, 5) is 27.4. The second-order valence-corrected chi connectivity index (χ2v) is 6.62. The van der Waals surface area contributed by atoms with Crippen LogP contribution < -0.4 is 10.2 Å². The van der Waals surface area contributed by atoms with Crippen LogP contribution >= 0.6 is 0 Å². The van der Waals surface area contributed by atoms with Crippen LogP contribution in [0.3, 0.4) is 0 Å². The van der Waals surface area contributed by atoms with Crippen LogP contribution in [-0.2, 0) is 0 Å². The highest BCUT2D eigenvalue weighted by molar-refractivity contribution is 6.09. The molecule has 0 unspecified atom stereocenters. The van der Waals surface area contributed by atoms with Crippen molar-refractivity contribution in [3.63, 3.8) is 0 Å². The molecule has 5 nitrogen and oxygen atoms in total. The maximum Gasteiger partial charge on any atom is 0.258 e. The van der Waals surface area contributed by atoms with Gasteiger partial charge in [-0.1, -0.05) is 24.3 Å². The number of anilines is 2. The number of aryl methyl sites for hydroxylation is 1. The normalized spacial score (nSPS) is 10.1. The van der Waals surface area contributed by atoms with Crippen LogP contribution in [0.4, 0.5) is 11.4 Å². The Morgan fingerprint density at radius 1 is 0.966 bits per heavy atom. The van der Waals surface area contributed by atoms with E-state index in [0.29, 0.717) is 28.9 Å². The van der Waals surface area contributed by atoms with Crippen molar-refractivity contribution in [1.82, 2.24) is 0 Å². The second-order valence-electron chi connectivity index (χ2n) is 6.62. The van der Waals surface area contributed by atoms with Gasteiger partial charge in [-0.05, 0) is 67.9 Å². The lowest BCUT2D eigenvalue weighted by molar-refractivity contribution is 0.0988. The third kappa shape index (κ3) is 4.69. The summed E-state index contributed by atoms with van der Waals surface area (Å²) in [6.07, 6.45) is 0. The number of nitrogens with one attached hydrogen (secondary N) is 1. The number of hydrogen-bond donors (Lipinski definition) is 1. The van der Waals surface area contributed by atoms with E-state index in [2.05, 4.69) is 5.32 Å². The number of rotatable bonds is 5. The van der Waals surface area contributed by atoms with E-state index < -0.39 is 0 Å². The third-order valence-electron chi connectivity index (χ3n) is 4.50. The molecule has 3 rings (SSSR count). The van der Waals surface area contributed by atoms with Crippen molar-refractivity contribution in [2.24, 2.45) is 0 Å². The molecule has 0 saturated heterocycles. The van der Waals surface area contributed by atoms with Crippen molar-refractivity contribution >= 4 is 23.2 Å². The van der Waals surface area contributed by atoms with Crippen LogP contribution in [0.1, 0.15) is 38.8 Å². The van der Waals surface area contributed by atoms with Crippen molar-refractivity contribution in [3.8, 4) is 6.07 Å². The molecule has 0 bridgehead atoms. The highest BCUT2D eigenvalue weighted by Gasteiger charge is 2.18. The van der Waals surface area contributed by atoms with Gasteiger partial charge in [0.25, 0.3) is 11.8 Å². The molecular weight excluding hydrogens is 362 g/mol. The molecule has 0 aromatic heterocycles. The van der Waals surface area contributed by atoms with Crippen LogP contribution in [0, 0.1) is 18.3 Å². The summed E-state index contributed by atoms with van der Waals surface area (Å²) >= 11 is 0. The maximum atomic E-state index is 13.1. The van der Waals surface area contributed by atoms with Crippen LogP contribution in [0.15, 0.2) is 72.8 Å². The molecule has 1 N–H and O–H groups in total. The minimum atomic E-state index is -0.339. The predicted octanol–water partition coefficient (Wildman–Crippen LogP) is 4.79. The fourth-order valence-electron chi connectivity index (χ4n) is 3.06. The Bertz CT molecular complexity index is 1100. The first kappa shape index (κ1) is 19.8. The molecule has 0 aliphatic rings. The third-order valence-corrected chi connectivity index (χ3v) is 4.50. The summed E-state index contributed by atoms with van der Waals surface area (Å²) in [5, 5.41) is 11.8. The van der Waals surface area contributed by atoms with Crippen molar-refractivity contribution in [2.45, 2.75) is 13.8 Å². The molecule has 0 fully saturated rings. The molecule has 5 heteroatoms. The molecule has 2 amide bonds. The molecular formula is C24H21N3O2. The number of carbonyl (C=O) groups is 2. The number of benzene rings is 3. The Labute approximate surface area is 170 Å². The van der Waals surface area contributed by atoms with Gasteiger partial charge in [0.15, 0.2) is 0 Å². The zero-order valence-corrected chi connectivity index (χ0v) is 16.3. The molecule has 3 aromatic rings. The molecule has 0 saturated carbocycles. The van der Waals surface area contributed by atoms with Crippen LogP contribution in [0.5, 0.6) is 0 Å². The van der Waals surface area contributed by atoms with Gasteiger partial charge in [-0.2, -0.15) is 5.26 Å². The zero-order chi connectivity index (χ0) is 20.8. The fraction of sp³-hybridized carbons (Fsp3) is 0.125. The van der Waals surface area contributed by atoms with E-state index in [4.69, 9.17) is 5.26 Å². The lowest BCUT2D eigenvalue weighted by Gasteiger charge is -2.22. The number of carbonyl (C=O) groups excluding carboxylic acids is 2. The number of nitrogens with zero attached hydrogens (tertiary/aromatic N) is 2. The first-order valence-corrected chi connectivity index (χ1v) is 9.32. The van der Waals surface area contributed by atoms with Gasteiger partial charge < -0.3 is 10.2 Å². The summed E-state index contributed by atoms with van der Waals surface area (Å²) in [5.41, 5.74) is 3.69. The van der Waals surface area contributed by atoms with Crippen LogP contribution in [-0.4, -0.2) is 18.4 Å². The minimum Gasteiger partial charge on any atom is -0.322 e. The summed E-state index contributed by atoms with van der Waals surface area (Å²) < 4.78 is 0. The first-order chi connectivity index (χ1) is 14.0. The highest BCUT2D eigenvalue weighted by Crippen LogP contribution is 2.20. The van der Waals surface area contributed by atoms with Gasteiger partial charge in [0.2, 0.25) is 0 Å². The molecule has 0 radical (unpaired) electrons. The highest BCUT2D eigenvalue weighted by atomic mass is 16.2. The van der Waals surface area contributed by atoms with Gasteiger partial charge in [0, 0.05) is 29.0 Å². The quantitative estimate of drug-likeness (QED) is 0.689. The van der Waals surface area contributed by atoms with E-state index in [0.717, 1.165) is 11.3 Å². The first-order valence-electron chi connectivity index (χ1n) is 9.32. The summed E-state index contributed by atoms with van der Waals surface area (Å²) in [6, 6.07) is 23.1. The molecule has 0 heterocycles. The van der Waals surface area contributed by atoms with Gasteiger partial charge in [-0.15, -0.1) is 0 Å². The molecule has 0 aliphatic carbocycles. The van der Waals surface area contributed by atoms with Gasteiger partial charge >= 0.3 is 0 Å². The van der Waals surface area contributed by atoms with Gasteiger partial charge in [-0.25, -0.2) is 0 Å². The van der Waals surface area contributed by atoms with Crippen molar-refractivity contribution in [3.05, 3.63) is 95.1 Å². The molecule has 0 atom stereocenters. The topological polar surface area (TPSA) is 73.2 Å². The molecule has 3 aromatic carbocycles. The largest absolute Gasteiger partial charge is 0.322 e. The zero-order valence-electron chi connectivity index (χ0n) is 16.3. The Morgan fingerprint density at radius 2 is 1.69 bits per heavy atom. The van der Waals surface area contributed by atoms with Crippen LogP contribution in [0.25, 0.3) is 0 Å². The van der Waals surface area contributed by atoms with Gasteiger partial charge in [0.05, 0.1) is 11.6 Å². The SMILES string of the molecule is CCN(C(=O)c1cccc(C(=O)Nc2cccc(C#N)c2)c1)c1cccc(C)c1. The monoisotopic (exact) mass is 383 g/mol. The lowest BCUT2D eigenvalue weighted by Crippen LogP contribution is -2.30. The average molecular weight is 383 g/mol. The van der Waals surface area contributed by atoms with E-state index in [1.165, 1.54) is 0 Å². The van der Waals surface area contributed by atoms with E-state index in [1.807, 2.05) is 44.2 Å². The van der Waals surface area contributed by atoms with Crippen LogP contribution in [0.2, 0.25) is 0 Å². The Hall–Kier alpha value is -3.91. The van der Waals surface area contributed by atoms with Crippen molar-refractivity contribution in [1.29, 1.82) is 5.26 Å². The van der Waals surface area contributed by atoms with Gasteiger partial charge in [-0.3, -0.25) is 9.59 Å². The second kappa shape index (κ2) is 8.85. The molecule has 0 aliphatic heterocycles. The van der Waals surface area contributed by atoms with Crippen molar-refractivity contribution < 1.29 is 9.59 Å². The molecule has 144 valence electrons. The minimum absolute atomic E-state index is 0.167. The average Bonchev–Trinajstić information content (AvgIpc) is 2.74. The Kier molecular flexibility index (Phi) is 6.06. The Morgan fingerprint density at radius 3 is 2.41 bits per heavy atom. The fourth-order valence-corrected chi connectivity index (χ4v) is 3.06. The maximum absolute atomic E-state index is 13.1. The molecule has 0 spiro atoms. The standard InChI is InChI=1S/C24H21N3O2/c1-3-27(22-12-4-7-17(2)13-22)24(29)20-10-6-9-19(15-20)23(28)26-21-11-5-8-18(14-21)16-25/h4-15H,3H2,1-2H3,(H,26,28). The smallest absolute Gasteiger partial charge is 0.258 e. The molecule has 29 heavy (non-hydrogen) atoms. The van der Waals surface area contributed by atoms with E-state index in [-0.39, 0.29) is 11.8 Å².